The number of nitrogens with two attached hydrogens (primary N) is 1. The van der Waals surface area contributed by atoms with Crippen LogP contribution in [0.25, 0.3) is 0 Å². The van der Waals surface area contributed by atoms with Crippen molar-refractivity contribution >= 4 is 13.8 Å². The Kier molecular flexibility index (Phi) is 37.0. The summed E-state index contributed by atoms with van der Waals surface area (Å²) >= 11 is 0. The molecule has 0 spiro atoms. The van der Waals surface area contributed by atoms with Crippen LogP contribution in [0.5, 0.6) is 0 Å². The van der Waals surface area contributed by atoms with E-state index in [0.29, 0.717) is 13.0 Å². The summed E-state index contributed by atoms with van der Waals surface area (Å²) in [5, 5.41) is 0. The van der Waals surface area contributed by atoms with E-state index >= 15 is 0 Å². The minimum Gasteiger partial charge on any atom is -0.457 e. The summed E-state index contributed by atoms with van der Waals surface area (Å²) in [6.45, 7) is 4.85. The molecule has 0 aromatic heterocycles. The first-order valence-corrected chi connectivity index (χ1v) is 21.5. The van der Waals surface area contributed by atoms with Gasteiger partial charge in [0.2, 0.25) is 0 Å². The lowest BCUT2D eigenvalue weighted by Gasteiger charge is -2.20. The number of carbonyl (C=O) groups excluding carboxylic acids is 1. The van der Waals surface area contributed by atoms with Crippen molar-refractivity contribution < 1.29 is 32.8 Å². The number of carbonyl (C=O) groups is 1. The van der Waals surface area contributed by atoms with Crippen molar-refractivity contribution in [2.75, 3.05) is 33.0 Å². The molecular formula is C40H76NO7P. The number of hydrogen-bond acceptors (Lipinski definition) is 7. The number of esters is 1. The van der Waals surface area contributed by atoms with Gasteiger partial charge in [0.25, 0.3) is 0 Å². The molecular weight excluding hydrogens is 637 g/mol. The van der Waals surface area contributed by atoms with Gasteiger partial charge in [0.1, 0.15) is 6.10 Å². The molecule has 288 valence electrons. The highest BCUT2D eigenvalue weighted by Gasteiger charge is 2.25. The van der Waals surface area contributed by atoms with Crippen LogP contribution >= 0.6 is 7.82 Å². The van der Waals surface area contributed by atoms with Gasteiger partial charge < -0.3 is 20.1 Å². The van der Waals surface area contributed by atoms with Gasteiger partial charge in [0, 0.05) is 19.6 Å². The van der Waals surface area contributed by atoms with Crippen molar-refractivity contribution in [1.29, 1.82) is 0 Å². The van der Waals surface area contributed by atoms with Gasteiger partial charge in [0.05, 0.1) is 19.8 Å². The van der Waals surface area contributed by atoms with Gasteiger partial charge in [-0.3, -0.25) is 13.8 Å². The van der Waals surface area contributed by atoms with Crippen LogP contribution in [0.3, 0.4) is 0 Å². The minimum absolute atomic E-state index is 0.0976. The smallest absolute Gasteiger partial charge is 0.457 e. The predicted molar refractivity (Wildman–Crippen MR) is 206 cm³/mol. The maximum Gasteiger partial charge on any atom is 0.472 e. The van der Waals surface area contributed by atoms with E-state index in [-0.39, 0.29) is 32.3 Å². The van der Waals surface area contributed by atoms with E-state index in [0.717, 1.165) is 51.4 Å². The fourth-order valence-corrected chi connectivity index (χ4v) is 6.08. The van der Waals surface area contributed by atoms with Gasteiger partial charge in [-0.15, -0.1) is 0 Å². The third-order valence-corrected chi connectivity index (χ3v) is 9.26. The van der Waals surface area contributed by atoms with Gasteiger partial charge in [-0.05, 0) is 70.6 Å². The van der Waals surface area contributed by atoms with Crippen molar-refractivity contribution in [3.05, 3.63) is 36.5 Å². The lowest BCUT2D eigenvalue weighted by molar-refractivity contribution is -0.154. The Morgan fingerprint density at radius 3 is 1.61 bits per heavy atom. The monoisotopic (exact) mass is 714 g/mol. The molecule has 0 amide bonds. The second-order valence-corrected chi connectivity index (χ2v) is 14.6. The topological polar surface area (TPSA) is 117 Å². The van der Waals surface area contributed by atoms with Crippen LogP contribution in [0.15, 0.2) is 36.5 Å². The van der Waals surface area contributed by atoms with E-state index < -0.39 is 13.9 Å². The van der Waals surface area contributed by atoms with Crippen LogP contribution in [0.2, 0.25) is 0 Å². The van der Waals surface area contributed by atoms with Gasteiger partial charge in [0.15, 0.2) is 0 Å². The normalized spacial score (nSPS) is 14.0. The largest absolute Gasteiger partial charge is 0.472 e. The summed E-state index contributed by atoms with van der Waals surface area (Å²) in [5.41, 5.74) is 5.35. The molecule has 0 bridgehead atoms. The van der Waals surface area contributed by atoms with E-state index in [1.165, 1.54) is 103 Å². The number of phosphoric ester groups is 1. The lowest BCUT2D eigenvalue weighted by atomic mass is 10.1. The molecule has 0 aliphatic carbocycles. The van der Waals surface area contributed by atoms with Crippen molar-refractivity contribution in [2.45, 2.75) is 180 Å². The van der Waals surface area contributed by atoms with E-state index in [9.17, 15) is 14.3 Å². The first-order chi connectivity index (χ1) is 23.9. The molecule has 0 saturated carbocycles. The summed E-state index contributed by atoms with van der Waals surface area (Å²) in [6, 6.07) is 0. The van der Waals surface area contributed by atoms with Crippen molar-refractivity contribution in [3.63, 3.8) is 0 Å². The van der Waals surface area contributed by atoms with Crippen molar-refractivity contribution in [2.24, 2.45) is 5.73 Å². The second kappa shape index (κ2) is 38.0. The van der Waals surface area contributed by atoms with Gasteiger partial charge >= 0.3 is 13.8 Å². The Morgan fingerprint density at radius 2 is 1.08 bits per heavy atom. The molecule has 49 heavy (non-hydrogen) atoms. The zero-order valence-corrected chi connectivity index (χ0v) is 32.6. The first-order valence-electron chi connectivity index (χ1n) is 20.0. The van der Waals surface area contributed by atoms with E-state index in [2.05, 4.69) is 50.3 Å². The molecule has 3 N–H and O–H groups in total. The van der Waals surface area contributed by atoms with Crippen LogP contribution in [0.4, 0.5) is 0 Å². The number of hydrogen-bond donors (Lipinski definition) is 2. The zero-order valence-electron chi connectivity index (χ0n) is 31.7. The average Bonchev–Trinajstić information content (AvgIpc) is 3.09. The summed E-state index contributed by atoms with van der Waals surface area (Å²) in [4.78, 5) is 22.4. The fourth-order valence-electron chi connectivity index (χ4n) is 5.31. The number of ether oxygens (including phenoxy) is 2. The Bertz CT molecular complexity index is 848. The molecule has 2 atom stereocenters. The Hall–Kier alpha value is -1.28. The highest BCUT2D eigenvalue weighted by molar-refractivity contribution is 7.47. The molecule has 0 rings (SSSR count). The Labute approximate surface area is 301 Å². The third kappa shape index (κ3) is 37.8. The summed E-state index contributed by atoms with van der Waals surface area (Å²) in [7, 11) is -4.27. The molecule has 2 unspecified atom stereocenters. The van der Waals surface area contributed by atoms with Crippen LogP contribution in [0.1, 0.15) is 174 Å². The van der Waals surface area contributed by atoms with E-state index in [1.54, 1.807) is 0 Å². The number of phosphoric acid groups is 1. The van der Waals surface area contributed by atoms with Gasteiger partial charge in [-0.25, -0.2) is 4.57 Å². The van der Waals surface area contributed by atoms with Crippen LogP contribution < -0.4 is 5.73 Å². The number of rotatable bonds is 38. The summed E-state index contributed by atoms with van der Waals surface area (Å²) < 4.78 is 33.3. The maximum atomic E-state index is 12.5. The highest BCUT2D eigenvalue weighted by Crippen LogP contribution is 2.43. The molecule has 0 radical (unpaired) electrons. The summed E-state index contributed by atoms with van der Waals surface area (Å²) in [5.74, 6) is -0.343. The zero-order chi connectivity index (χ0) is 35.9. The van der Waals surface area contributed by atoms with Crippen molar-refractivity contribution in [3.8, 4) is 0 Å². The van der Waals surface area contributed by atoms with Gasteiger partial charge in [-0.2, -0.15) is 0 Å². The third-order valence-electron chi connectivity index (χ3n) is 8.28. The Morgan fingerprint density at radius 1 is 0.612 bits per heavy atom. The van der Waals surface area contributed by atoms with Crippen molar-refractivity contribution in [1.82, 2.24) is 0 Å². The molecule has 0 aliphatic rings. The van der Waals surface area contributed by atoms with Crippen LogP contribution in [-0.4, -0.2) is 49.9 Å². The lowest BCUT2D eigenvalue weighted by Crippen LogP contribution is -2.28. The second-order valence-electron chi connectivity index (χ2n) is 13.1. The predicted octanol–water partition coefficient (Wildman–Crippen LogP) is 11.5. The van der Waals surface area contributed by atoms with E-state index in [1.807, 2.05) is 0 Å². The standard InChI is InChI=1S/C40H76NO7P/c1-3-5-7-9-11-13-15-17-18-19-20-21-22-24-26-28-30-32-35-45-37-39(38-47-49(43,44)46-36-34-41)48-40(42)33-31-29-27-25-23-16-14-12-10-8-6-4-2/h11-14,17-18,39H,3-10,15-16,19-38,41H2,1-2H3,(H,43,44)/b13-11-,14-12-,18-17-. The number of allylic oxidation sites excluding steroid dienone is 6. The highest BCUT2D eigenvalue weighted by atomic mass is 31.2. The molecule has 9 heteroatoms. The average molecular weight is 714 g/mol. The molecule has 0 saturated heterocycles. The fraction of sp³-hybridized carbons (Fsp3) is 0.825. The SMILES string of the molecule is CCCCC/C=C\C/C=C\CCCCCCCCCCOCC(COP(=O)(O)OCCN)OC(=O)CCCCCCC/C=C\CCCCC. The summed E-state index contributed by atoms with van der Waals surface area (Å²) in [6.07, 6.45) is 41.5. The molecule has 0 aliphatic heterocycles. The minimum atomic E-state index is -4.27. The van der Waals surface area contributed by atoms with E-state index in [4.69, 9.17) is 24.3 Å². The Balaban J connectivity index is 4.06. The van der Waals surface area contributed by atoms with Gasteiger partial charge in [-0.1, -0.05) is 134 Å². The number of unbranched alkanes of at least 4 members (excludes halogenated alkanes) is 19. The first kappa shape index (κ1) is 47.7. The molecule has 0 aromatic carbocycles. The van der Waals surface area contributed by atoms with Crippen LogP contribution in [-0.2, 0) is 27.9 Å². The maximum absolute atomic E-state index is 12.5. The quantitative estimate of drug-likeness (QED) is 0.0281. The van der Waals surface area contributed by atoms with Crippen LogP contribution in [0, 0.1) is 0 Å². The molecule has 0 fully saturated rings. The molecule has 0 aromatic rings. The molecule has 0 heterocycles. The molecule has 8 nitrogen and oxygen atoms in total.